The number of hydrogen-bond donors (Lipinski definition) is 1. The number of aromatic nitrogens is 3. The number of benzene rings is 1. The van der Waals surface area contributed by atoms with E-state index < -0.39 is 0 Å². The van der Waals surface area contributed by atoms with Crippen molar-refractivity contribution in [3.63, 3.8) is 0 Å². The van der Waals surface area contributed by atoms with Gasteiger partial charge in [-0.2, -0.15) is 5.10 Å². The van der Waals surface area contributed by atoms with Gasteiger partial charge in [0, 0.05) is 18.0 Å². The van der Waals surface area contributed by atoms with Crippen LogP contribution in [0, 0.1) is 10.5 Å². The van der Waals surface area contributed by atoms with Crippen molar-refractivity contribution < 1.29 is 4.39 Å². The molecule has 1 N–H and O–H groups in total. The summed E-state index contributed by atoms with van der Waals surface area (Å²) in [5, 5.41) is 4.38. The maximum atomic E-state index is 12.8. The number of hydrogen-bond acceptors (Lipinski definition) is 2. The van der Waals surface area contributed by atoms with Crippen LogP contribution in [-0.2, 0) is 0 Å². The van der Waals surface area contributed by atoms with Gasteiger partial charge in [-0.05, 0) is 30.3 Å². The zero-order valence-corrected chi connectivity index (χ0v) is 9.54. The van der Waals surface area contributed by atoms with Crippen LogP contribution >= 0.6 is 12.2 Å². The Morgan fingerprint density at radius 1 is 1.24 bits per heavy atom. The smallest absolute Gasteiger partial charge is 0.129 e. The van der Waals surface area contributed by atoms with Crippen LogP contribution < -0.4 is 0 Å². The van der Waals surface area contributed by atoms with E-state index in [2.05, 4.69) is 10.1 Å². The van der Waals surface area contributed by atoms with Gasteiger partial charge in [0.25, 0.3) is 0 Å². The van der Waals surface area contributed by atoms with Crippen molar-refractivity contribution in [1.82, 2.24) is 14.6 Å². The fraction of sp³-hybridized carbons (Fsp3) is 0. The molecule has 0 aliphatic rings. The highest BCUT2D eigenvalue weighted by atomic mass is 32.1. The molecule has 0 amide bonds. The van der Waals surface area contributed by atoms with Gasteiger partial charge in [-0.3, -0.25) is 0 Å². The molecule has 0 saturated carbocycles. The first-order chi connectivity index (χ1) is 8.24. The van der Waals surface area contributed by atoms with E-state index in [1.807, 2.05) is 6.07 Å². The normalized spacial score (nSPS) is 10.9. The lowest BCUT2D eigenvalue weighted by Crippen LogP contribution is -1.88. The van der Waals surface area contributed by atoms with E-state index in [0.29, 0.717) is 4.64 Å². The molecule has 0 bridgehead atoms. The molecule has 3 nitrogen and oxygen atoms in total. The Balaban J connectivity index is 2.21. The summed E-state index contributed by atoms with van der Waals surface area (Å²) in [5.41, 5.74) is 2.47. The van der Waals surface area contributed by atoms with Crippen LogP contribution in [0.3, 0.4) is 0 Å². The van der Waals surface area contributed by atoms with E-state index in [0.717, 1.165) is 16.8 Å². The zero-order chi connectivity index (χ0) is 11.8. The molecular formula is C12H8FN3S. The summed E-state index contributed by atoms with van der Waals surface area (Å²) in [7, 11) is 0. The quantitative estimate of drug-likeness (QED) is 0.668. The Labute approximate surface area is 102 Å². The van der Waals surface area contributed by atoms with Crippen LogP contribution in [0.5, 0.6) is 0 Å². The molecule has 0 atom stereocenters. The van der Waals surface area contributed by atoms with Crippen LogP contribution in [0.25, 0.3) is 16.8 Å². The second kappa shape index (κ2) is 3.78. The fourth-order valence-corrected chi connectivity index (χ4v) is 1.92. The summed E-state index contributed by atoms with van der Waals surface area (Å²) in [4.78, 5) is 2.94. The van der Waals surface area contributed by atoms with Crippen LogP contribution in [0.4, 0.5) is 4.39 Å². The number of fused-ring (bicyclic) bond motifs is 1. The third kappa shape index (κ3) is 1.74. The predicted octanol–water partition coefficient (Wildman–Crippen LogP) is 3.20. The van der Waals surface area contributed by atoms with Crippen molar-refractivity contribution in [1.29, 1.82) is 0 Å². The minimum atomic E-state index is -0.255. The van der Waals surface area contributed by atoms with Gasteiger partial charge in [0.05, 0.1) is 5.69 Å². The van der Waals surface area contributed by atoms with Gasteiger partial charge < -0.3 is 4.98 Å². The molecule has 3 aromatic rings. The van der Waals surface area contributed by atoms with Crippen molar-refractivity contribution in [2.75, 3.05) is 0 Å². The largest absolute Gasteiger partial charge is 0.350 e. The van der Waals surface area contributed by atoms with Gasteiger partial charge in [-0.1, -0.05) is 12.2 Å². The van der Waals surface area contributed by atoms with Gasteiger partial charge in [-0.15, -0.1) is 0 Å². The summed E-state index contributed by atoms with van der Waals surface area (Å²) >= 11 is 5.16. The first-order valence-electron chi connectivity index (χ1n) is 5.07. The standard InChI is InChI=1S/C12H8FN3S/c13-9-3-1-8(2-4-9)10-7-11-12(17)14-5-6-16(11)15-10/h1-7H,(H,14,17). The lowest BCUT2D eigenvalue weighted by molar-refractivity contribution is 0.628. The maximum absolute atomic E-state index is 12.8. The molecule has 0 aliphatic carbocycles. The maximum Gasteiger partial charge on any atom is 0.129 e. The van der Waals surface area contributed by atoms with E-state index in [9.17, 15) is 4.39 Å². The highest BCUT2D eigenvalue weighted by molar-refractivity contribution is 7.71. The molecule has 0 aliphatic heterocycles. The van der Waals surface area contributed by atoms with E-state index in [4.69, 9.17) is 12.2 Å². The predicted molar refractivity (Wildman–Crippen MR) is 65.8 cm³/mol. The molecular weight excluding hydrogens is 237 g/mol. The van der Waals surface area contributed by atoms with Crippen molar-refractivity contribution in [3.05, 3.63) is 53.2 Å². The van der Waals surface area contributed by atoms with Crippen molar-refractivity contribution in [2.24, 2.45) is 0 Å². The van der Waals surface area contributed by atoms with Gasteiger partial charge in [-0.25, -0.2) is 8.91 Å². The third-order valence-electron chi connectivity index (χ3n) is 2.54. The Morgan fingerprint density at radius 2 is 2.00 bits per heavy atom. The first kappa shape index (κ1) is 10.2. The van der Waals surface area contributed by atoms with Gasteiger partial charge >= 0.3 is 0 Å². The highest BCUT2D eigenvalue weighted by Crippen LogP contribution is 2.19. The lowest BCUT2D eigenvalue weighted by atomic mass is 10.1. The summed E-state index contributed by atoms with van der Waals surface area (Å²) < 4.78 is 15.2. The van der Waals surface area contributed by atoms with Crippen LogP contribution in [0.15, 0.2) is 42.7 Å². The Morgan fingerprint density at radius 3 is 2.71 bits per heavy atom. The van der Waals surface area contributed by atoms with Gasteiger partial charge in [0.15, 0.2) is 0 Å². The van der Waals surface area contributed by atoms with Gasteiger partial charge in [0.1, 0.15) is 16.0 Å². The Bertz CT molecular complexity index is 727. The second-order valence-electron chi connectivity index (χ2n) is 3.66. The summed E-state index contributed by atoms with van der Waals surface area (Å²) in [6, 6.07) is 8.11. The Hall–Kier alpha value is -2.01. The SMILES string of the molecule is Fc1ccc(-c2cc3c(=S)[nH]ccn3n2)cc1. The molecule has 17 heavy (non-hydrogen) atoms. The zero-order valence-electron chi connectivity index (χ0n) is 8.72. The summed E-state index contributed by atoms with van der Waals surface area (Å²) in [6.45, 7) is 0. The third-order valence-corrected chi connectivity index (χ3v) is 2.87. The molecule has 3 rings (SSSR count). The van der Waals surface area contributed by atoms with Crippen molar-refractivity contribution >= 4 is 17.7 Å². The molecule has 84 valence electrons. The molecule has 2 heterocycles. The molecule has 0 radical (unpaired) electrons. The van der Waals surface area contributed by atoms with Crippen molar-refractivity contribution in [3.8, 4) is 11.3 Å². The molecule has 5 heteroatoms. The molecule has 0 saturated heterocycles. The number of halogens is 1. The van der Waals surface area contributed by atoms with E-state index in [1.54, 1.807) is 29.0 Å². The molecule has 2 aromatic heterocycles. The monoisotopic (exact) mass is 245 g/mol. The number of nitrogens with one attached hydrogen (secondary N) is 1. The Kier molecular flexibility index (Phi) is 2.26. The van der Waals surface area contributed by atoms with E-state index in [1.165, 1.54) is 12.1 Å². The van der Waals surface area contributed by atoms with E-state index >= 15 is 0 Å². The minimum Gasteiger partial charge on any atom is -0.350 e. The van der Waals surface area contributed by atoms with Crippen LogP contribution in [0.2, 0.25) is 0 Å². The average Bonchev–Trinajstić information content (AvgIpc) is 2.75. The number of rotatable bonds is 1. The highest BCUT2D eigenvalue weighted by Gasteiger charge is 2.05. The number of aromatic amines is 1. The lowest BCUT2D eigenvalue weighted by Gasteiger charge is -1.94. The first-order valence-corrected chi connectivity index (χ1v) is 5.48. The van der Waals surface area contributed by atoms with Crippen LogP contribution in [-0.4, -0.2) is 14.6 Å². The topological polar surface area (TPSA) is 33.1 Å². The number of H-pyrrole nitrogens is 1. The van der Waals surface area contributed by atoms with Crippen LogP contribution in [0.1, 0.15) is 0 Å². The average molecular weight is 245 g/mol. The molecule has 1 aromatic carbocycles. The van der Waals surface area contributed by atoms with Gasteiger partial charge in [0.2, 0.25) is 0 Å². The summed E-state index contributed by atoms with van der Waals surface area (Å²) in [5.74, 6) is -0.255. The summed E-state index contributed by atoms with van der Waals surface area (Å²) in [6.07, 6.45) is 3.52. The second-order valence-corrected chi connectivity index (χ2v) is 4.06. The van der Waals surface area contributed by atoms with Crippen molar-refractivity contribution in [2.45, 2.75) is 0 Å². The van der Waals surface area contributed by atoms with E-state index in [-0.39, 0.29) is 5.82 Å². The molecule has 0 unspecified atom stereocenters. The minimum absolute atomic E-state index is 0.255. The molecule has 0 fully saturated rings. The molecule has 0 spiro atoms. The fourth-order valence-electron chi connectivity index (χ4n) is 1.70. The number of nitrogens with zero attached hydrogens (tertiary/aromatic N) is 2.